The third-order valence-corrected chi connectivity index (χ3v) is 4.77. The highest BCUT2D eigenvalue weighted by atomic mass is 16.3. The first-order valence-electron chi connectivity index (χ1n) is 7.46. The standard InChI is InChI=1S/C17H18N2O2/c20-15-4-3-10-1-2-11(5-12(10)7-15)17(21)19-16-8-14-6-13(16)9-18-14/h1-5,7,13-14,16,18,20H,6,8-9H2,(H,19,21). The second kappa shape index (κ2) is 4.74. The molecule has 21 heavy (non-hydrogen) atoms. The van der Waals surface area contributed by atoms with Crippen LogP contribution in [0.3, 0.4) is 0 Å². The quantitative estimate of drug-likeness (QED) is 0.790. The smallest absolute Gasteiger partial charge is 0.251 e. The van der Waals surface area contributed by atoms with Crippen molar-refractivity contribution in [3.8, 4) is 5.75 Å². The van der Waals surface area contributed by atoms with E-state index in [1.807, 2.05) is 24.3 Å². The number of carbonyl (C=O) groups excluding carboxylic acids is 1. The summed E-state index contributed by atoms with van der Waals surface area (Å²) in [5, 5.41) is 18.1. The Morgan fingerprint density at radius 1 is 1.14 bits per heavy atom. The first-order chi connectivity index (χ1) is 10.2. The lowest BCUT2D eigenvalue weighted by molar-refractivity contribution is 0.0925. The molecule has 1 amide bonds. The van der Waals surface area contributed by atoms with Crippen molar-refractivity contribution in [3.05, 3.63) is 42.0 Å². The van der Waals surface area contributed by atoms with E-state index in [1.165, 1.54) is 6.42 Å². The molecule has 0 radical (unpaired) electrons. The Kier molecular flexibility index (Phi) is 2.86. The number of fused-ring (bicyclic) bond motifs is 3. The molecule has 1 heterocycles. The van der Waals surface area contributed by atoms with Gasteiger partial charge in [0, 0.05) is 24.2 Å². The van der Waals surface area contributed by atoms with Crippen LogP contribution in [0.2, 0.25) is 0 Å². The molecule has 3 unspecified atom stereocenters. The van der Waals surface area contributed by atoms with Crippen molar-refractivity contribution in [2.45, 2.75) is 24.9 Å². The summed E-state index contributed by atoms with van der Waals surface area (Å²) >= 11 is 0. The Balaban J connectivity index is 1.56. The molecule has 0 spiro atoms. The molecule has 1 aliphatic heterocycles. The average molecular weight is 282 g/mol. The molecule has 0 aromatic heterocycles. The molecule has 1 aliphatic carbocycles. The summed E-state index contributed by atoms with van der Waals surface area (Å²) in [6.45, 7) is 1.02. The number of hydrogen-bond donors (Lipinski definition) is 3. The molecule has 2 aliphatic rings. The number of hydrogen-bond acceptors (Lipinski definition) is 3. The van der Waals surface area contributed by atoms with Crippen molar-refractivity contribution in [1.82, 2.24) is 10.6 Å². The fraction of sp³-hybridized carbons (Fsp3) is 0.353. The van der Waals surface area contributed by atoms with Crippen LogP contribution in [0, 0.1) is 5.92 Å². The number of nitrogens with one attached hydrogen (secondary N) is 2. The number of benzene rings is 2. The van der Waals surface area contributed by atoms with Crippen LogP contribution in [0.5, 0.6) is 5.75 Å². The van der Waals surface area contributed by atoms with Gasteiger partial charge in [-0.25, -0.2) is 0 Å². The zero-order chi connectivity index (χ0) is 14.4. The monoisotopic (exact) mass is 282 g/mol. The second-order valence-corrected chi connectivity index (χ2v) is 6.16. The number of carbonyl (C=O) groups is 1. The summed E-state index contributed by atoms with van der Waals surface area (Å²) in [4.78, 5) is 12.4. The van der Waals surface area contributed by atoms with Crippen LogP contribution in [-0.2, 0) is 0 Å². The summed E-state index contributed by atoms with van der Waals surface area (Å²) in [7, 11) is 0. The van der Waals surface area contributed by atoms with E-state index in [4.69, 9.17) is 0 Å². The van der Waals surface area contributed by atoms with Gasteiger partial charge in [0.2, 0.25) is 0 Å². The Morgan fingerprint density at radius 2 is 2.00 bits per heavy atom. The first kappa shape index (κ1) is 12.7. The zero-order valence-electron chi connectivity index (χ0n) is 11.7. The Morgan fingerprint density at radius 3 is 2.76 bits per heavy atom. The van der Waals surface area contributed by atoms with Gasteiger partial charge in [-0.3, -0.25) is 4.79 Å². The van der Waals surface area contributed by atoms with E-state index in [0.717, 1.165) is 23.7 Å². The van der Waals surface area contributed by atoms with Gasteiger partial charge in [-0.15, -0.1) is 0 Å². The van der Waals surface area contributed by atoms with Gasteiger partial charge in [-0.05, 0) is 53.8 Å². The highest BCUT2D eigenvalue weighted by Gasteiger charge is 2.40. The summed E-state index contributed by atoms with van der Waals surface area (Å²) in [6, 6.07) is 11.7. The van der Waals surface area contributed by atoms with Crippen molar-refractivity contribution < 1.29 is 9.90 Å². The van der Waals surface area contributed by atoms with E-state index in [1.54, 1.807) is 12.1 Å². The van der Waals surface area contributed by atoms with E-state index in [-0.39, 0.29) is 11.7 Å². The average Bonchev–Trinajstić information content (AvgIpc) is 3.09. The SMILES string of the molecule is O=C(NC1CC2CC1CN2)c1ccc2ccc(O)cc2c1. The van der Waals surface area contributed by atoms with Gasteiger partial charge in [0.05, 0.1) is 0 Å². The van der Waals surface area contributed by atoms with Gasteiger partial charge >= 0.3 is 0 Å². The minimum atomic E-state index is -0.0159. The van der Waals surface area contributed by atoms with Crippen LogP contribution in [0.1, 0.15) is 23.2 Å². The molecular weight excluding hydrogens is 264 g/mol. The largest absolute Gasteiger partial charge is 0.508 e. The third-order valence-electron chi connectivity index (χ3n) is 4.77. The van der Waals surface area contributed by atoms with Crippen LogP contribution >= 0.6 is 0 Å². The number of aromatic hydroxyl groups is 1. The first-order valence-corrected chi connectivity index (χ1v) is 7.46. The number of amides is 1. The highest BCUT2D eigenvalue weighted by Crippen LogP contribution is 2.31. The molecule has 4 nitrogen and oxygen atoms in total. The minimum absolute atomic E-state index is 0.0159. The lowest BCUT2D eigenvalue weighted by atomic mass is 10.0. The highest BCUT2D eigenvalue weighted by molar-refractivity contribution is 5.99. The fourth-order valence-electron chi connectivity index (χ4n) is 3.64. The van der Waals surface area contributed by atoms with E-state index >= 15 is 0 Å². The molecule has 2 fully saturated rings. The van der Waals surface area contributed by atoms with Crippen molar-refractivity contribution in [1.29, 1.82) is 0 Å². The molecule has 2 aromatic rings. The van der Waals surface area contributed by atoms with Gasteiger partial charge in [0.1, 0.15) is 5.75 Å². The molecule has 3 N–H and O–H groups in total. The van der Waals surface area contributed by atoms with E-state index in [9.17, 15) is 9.90 Å². The van der Waals surface area contributed by atoms with Crippen LogP contribution in [0.15, 0.2) is 36.4 Å². The maximum Gasteiger partial charge on any atom is 0.251 e. The minimum Gasteiger partial charge on any atom is -0.508 e. The number of phenols is 1. The predicted octanol–water partition coefficient (Wildman–Crippen LogP) is 2.03. The molecule has 4 rings (SSSR count). The zero-order valence-corrected chi connectivity index (χ0v) is 11.7. The molecule has 2 bridgehead atoms. The van der Waals surface area contributed by atoms with Crippen molar-refractivity contribution >= 4 is 16.7 Å². The number of rotatable bonds is 2. The lowest BCUT2D eigenvalue weighted by Crippen LogP contribution is -2.44. The van der Waals surface area contributed by atoms with E-state index < -0.39 is 0 Å². The molecule has 1 saturated heterocycles. The lowest BCUT2D eigenvalue weighted by Gasteiger charge is -2.23. The molecule has 4 heteroatoms. The van der Waals surface area contributed by atoms with Crippen molar-refractivity contribution in [2.24, 2.45) is 5.92 Å². The summed E-state index contributed by atoms with van der Waals surface area (Å²) in [6.07, 6.45) is 2.21. The van der Waals surface area contributed by atoms with E-state index in [0.29, 0.717) is 23.6 Å². The van der Waals surface area contributed by atoms with Crippen LogP contribution in [0.25, 0.3) is 10.8 Å². The molecule has 2 aromatic carbocycles. The molecule has 3 atom stereocenters. The summed E-state index contributed by atoms with van der Waals surface area (Å²) in [5.74, 6) is 0.778. The third kappa shape index (κ3) is 2.25. The van der Waals surface area contributed by atoms with Gasteiger partial charge < -0.3 is 15.7 Å². The number of phenolic OH excluding ortho intramolecular Hbond substituents is 1. The Bertz CT molecular complexity index is 713. The van der Waals surface area contributed by atoms with Crippen LogP contribution in [0.4, 0.5) is 0 Å². The topological polar surface area (TPSA) is 61.4 Å². The van der Waals surface area contributed by atoms with Gasteiger partial charge in [-0.1, -0.05) is 12.1 Å². The van der Waals surface area contributed by atoms with Crippen molar-refractivity contribution in [3.63, 3.8) is 0 Å². The van der Waals surface area contributed by atoms with Crippen molar-refractivity contribution in [2.75, 3.05) is 6.54 Å². The van der Waals surface area contributed by atoms with Crippen LogP contribution in [-0.4, -0.2) is 29.6 Å². The van der Waals surface area contributed by atoms with E-state index in [2.05, 4.69) is 10.6 Å². The molecule has 108 valence electrons. The Labute approximate surface area is 123 Å². The number of piperidine rings is 1. The van der Waals surface area contributed by atoms with Gasteiger partial charge in [0.25, 0.3) is 5.91 Å². The fourth-order valence-corrected chi connectivity index (χ4v) is 3.64. The molecule has 1 saturated carbocycles. The maximum atomic E-state index is 12.4. The summed E-state index contributed by atoms with van der Waals surface area (Å²) in [5.41, 5.74) is 0.656. The predicted molar refractivity (Wildman–Crippen MR) is 81.4 cm³/mol. The van der Waals surface area contributed by atoms with Gasteiger partial charge in [0.15, 0.2) is 0 Å². The molecular formula is C17H18N2O2. The normalized spacial score (nSPS) is 27.1. The Hall–Kier alpha value is -2.07. The second-order valence-electron chi connectivity index (χ2n) is 6.16. The van der Waals surface area contributed by atoms with Gasteiger partial charge in [-0.2, -0.15) is 0 Å². The summed E-state index contributed by atoms with van der Waals surface area (Å²) < 4.78 is 0. The van der Waals surface area contributed by atoms with Crippen LogP contribution < -0.4 is 10.6 Å². The maximum absolute atomic E-state index is 12.4.